The van der Waals surface area contributed by atoms with Crippen LogP contribution in [0.25, 0.3) is 0 Å². The average molecular weight is 360 g/mol. The molecular formula is C15H13BrF3NO. The highest BCUT2D eigenvalue weighted by Crippen LogP contribution is 2.29. The fourth-order valence-electron chi connectivity index (χ4n) is 1.87. The van der Waals surface area contributed by atoms with Crippen molar-refractivity contribution in [3.63, 3.8) is 0 Å². The van der Waals surface area contributed by atoms with Crippen molar-refractivity contribution in [2.75, 3.05) is 0 Å². The van der Waals surface area contributed by atoms with Gasteiger partial charge in [-0.3, -0.25) is 0 Å². The summed E-state index contributed by atoms with van der Waals surface area (Å²) in [6, 6.07) is 10.3. The van der Waals surface area contributed by atoms with Crippen LogP contribution < -0.4 is 5.32 Å². The van der Waals surface area contributed by atoms with Crippen molar-refractivity contribution in [1.82, 2.24) is 5.32 Å². The summed E-state index contributed by atoms with van der Waals surface area (Å²) in [4.78, 5) is 0. The summed E-state index contributed by atoms with van der Waals surface area (Å²) in [6.45, 7) is 0.831. The zero-order valence-corrected chi connectivity index (χ0v) is 12.5. The lowest BCUT2D eigenvalue weighted by molar-refractivity contribution is -0.137. The molecule has 0 unspecified atom stereocenters. The molecular weight excluding hydrogens is 347 g/mol. The Morgan fingerprint density at radius 3 is 2.29 bits per heavy atom. The highest BCUT2D eigenvalue weighted by molar-refractivity contribution is 9.10. The second-order valence-electron chi connectivity index (χ2n) is 4.59. The minimum absolute atomic E-state index is 0.150. The molecule has 112 valence electrons. The van der Waals surface area contributed by atoms with E-state index in [4.69, 9.17) is 0 Å². The molecule has 2 rings (SSSR count). The third kappa shape index (κ3) is 4.47. The average Bonchev–Trinajstić information content (AvgIpc) is 2.42. The Balaban J connectivity index is 1.96. The van der Waals surface area contributed by atoms with Crippen LogP contribution in [0.4, 0.5) is 13.2 Å². The molecule has 0 aliphatic carbocycles. The molecule has 0 saturated carbocycles. The van der Waals surface area contributed by atoms with E-state index in [2.05, 4.69) is 21.2 Å². The van der Waals surface area contributed by atoms with E-state index in [0.717, 1.165) is 17.7 Å². The molecule has 0 saturated heterocycles. The van der Waals surface area contributed by atoms with Crippen molar-refractivity contribution >= 4 is 15.9 Å². The van der Waals surface area contributed by atoms with Gasteiger partial charge < -0.3 is 10.4 Å². The molecule has 0 radical (unpaired) electrons. The van der Waals surface area contributed by atoms with E-state index in [-0.39, 0.29) is 5.75 Å². The molecule has 2 aromatic carbocycles. The first-order chi connectivity index (χ1) is 9.86. The highest BCUT2D eigenvalue weighted by atomic mass is 79.9. The van der Waals surface area contributed by atoms with Gasteiger partial charge in [0.25, 0.3) is 0 Å². The number of halogens is 4. The number of aromatic hydroxyl groups is 1. The second-order valence-corrected chi connectivity index (χ2v) is 5.44. The Labute approximate surface area is 128 Å². The molecule has 2 aromatic rings. The quantitative estimate of drug-likeness (QED) is 0.844. The van der Waals surface area contributed by atoms with Crippen LogP contribution in [-0.2, 0) is 19.3 Å². The highest BCUT2D eigenvalue weighted by Gasteiger charge is 2.30. The molecule has 0 spiro atoms. The fraction of sp³-hybridized carbons (Fsp3) is 0.200. The first kappa shape index (κ1) is 15.9. The van der Waals surface area contributed by atoms with Gasteiger partial charge in [-0.15, -0.1) is 0 Å². The van der Waals surface area contributed by atoms with Crippen molar-refractivity contribution in [2.24, 2.45) is 0 Å². The minimum atomic E-state index is -4.32. The Hall–Kier alpha value is -1.53. The first-order valence-electron chi connectivity index (χ1n) is 6.20. The lowest BCUT2D eigenvalue weighted by Gasteiger charge is -2.10. The molecule has 2 nitrogen and oxygen atoms in total. The Kier molecular flexibility index (Phi) is 4.90. The molecule has 0 fully saturated rings. The van der Waals surface area contributed by atoms with Crippen molar-refractivity contribution in [3.8, 4) is 5.75 Å². The standard InChI is InChI=1S/C15H13BrF3NO/c16-13-7-11(4-5-14(13)21)9-20-8-10-2-1-3-12(6-10)15(17,18)19/h1-7,20-21H,8-9H2. The van der Waals surface area contributed by atoms with Gasteiger partial charge in [0.1, 0.15) is 5.75 Å². The van der Waals surface area contributed by atoms with Gasteiger partial charge in [0.2, 0.25) is 0 Å². The SMILES string of the molecule is Oc1ccc(CNCc2cccc(C(F)(F)F)c2)cc1Br. The monoisotopic (exact) mass is 359 g/mol. The zero-order valence-electron chi connectivity index (χ0n) is 10.9. The number of hydrogen-bond donors (Lipinski definition) is 2. The van der Waals surface area contributed by atoms with Gasteiger partial charge in [0, 0.05) is 13.1 Å². The number of nitrogens with one attached hydrogen (secondary N) is 1. The van der Waals surface area contributed by atoms with Crippen LogP contribution in [0, 0.1) is 0 Å². The fourth-order valence-corrected chi connectivity index (χ4v) is 2.30. The van der Waals surface area contributed by atoms with Gasteiger partial charge in [-0.1, -0.05) is 24.3 Å². The van der Waals surface area contributed by atoms with E-state index in [1.807, 2.05) is 0 Å². The summed E-state index contributed by atoms with van der Waals surface area (Å²) in [6.07, 6.45) is -4.32. The summed E-state index contributed by atoms with van der Waals surface area (Å²) >= 11 is 3.21. The molecule has 0 bridgehead atoms. The molecule has 0 aliphatic rings. The van der Waals surface area contributed by atoms with Gasteiger partial charge >= 0.3 is 6.18 Å². The lowest BCUT2D eigenvalue weighted by atomic mass is 10.1. The molecule has 0 heterocycles. The van der Waals surface area contributed by atoms with Gasteiger partial charge in [-0.05, 0) is 45.3 Å². The van der Waals surface area contributed by atoms with E-state index in [0.29, 0.717) is 23.1 Å². The number of hydrogen-bond acceptors (Lipinski definition) is 2. The van der Waals surface area contributed by atoms with E-state index >= 15 is 0 Å². The smallest absolute Gasteiger partial charge is 0.416 e. The molecule has 0 atom stereocenters. The third-order valence-corrected chi connectivity index (χ3v) is 3.56. The van der Waals surface area contributed by atoms with Crippen molar-refractivity contribution in [2.45, 2.75) is 19.3 Å². The van der Waals surface area contributed by atoms with Crippen LogP contribution >= 0.6 is 15.9 Å². The number of benzene rings is 2. The largest absolute Gasteiger partial charge is 0.507 e. The van der Waals surface area contributed by atoms with E-state index < -0.39 is 11.7 Å². The van der Waals surface area contributed by atoms with Gasteiger partial charge in [0.05, 0.1) is 10.0 Å². The Bertz CT molecular complexity index is 629. The van der Waals surface area contributed by atoms with E-state index in [1.54, 1.807) is 24.3 Å². The molecule has 0 aromatic heterocycles. The van der Waals surface area contributed by atoms with Gasteiger partial charge in [-0.2, -0.15) is 13.2 Å². The predicted molar refractivity (Wildman–Crippen MR) is 77.8 cm³/mol. The normalized spacial score (nSPS) is 11.6. The maximum Gasteiger partial charge on any atom is 0.416 e. The summed E-state index contributed by atoms with van der Waals surface area (Å²) < 4.78 is 38.3. The van der Waals surface area contributed by atoms with Gasteiger partial charge in [-0.25, -0.2) is 0 Å². The maximum absolute atomic E-state index is 12.6. The Morgan fingerprint density at radius 1 is 1.00 bits per heavy atom. The third-order valence-electron chi connectivity index (χ3n) is 2.92. The summed E-state index contributed by atoms with van der Waals surface area (Å²) in [5, 5.41) is 12.5. The predicted octanol–water partition coefficient (Wildman–Crippen LogP) is 4.46. The maximum atomic E-state index is 12.6. The second kappa shape index (κ2) is 6.49. The van der Waals surface area contributed by atoms with Crippen LogP contribution in [0.5, 0.6) is 5.75 Å². The minimum Gasteiger partial charge on any atom is -0.507 e. The van der Waals surface area contributed by atoms with Crippen LogP contribution in [0.2, 0.25) is 0 Å². The number of alkyl halides is 3. The number of phenolic OH excluding ortho intramolecular Hbond substituents is 1. The van der Waals surface area contributed by atoms with Crippen molar-refractivity contribution in [3.05, 3.63) is 63.6 Å². The summed E-state index contributed by atoms with van der Waals surface area (Å²) in [7, 11) is 0. The summed E-state index contributed by atoms with van der Waals surface area (Å²) in [5.41, 5.74) is 0.850. The van der Waals surface area contributed by atoms with Crippen LogP contribution in [0.15, 0.2) is 46.9 Å². The van der Waals surface area contributed by atoms with Crippen LogP contribution in [-0.4, -0.2) is 5.11 Å². The van der Waals surface area contributed by atoms with Crippen LogP contribution in [0.3, 0.4) is 0 Å². The van der Waals surface area contributed by atoms with E-state index in [9.17, 15) is 18.3 Å². The van der Waals surface area contributed by atoms with Gasteiger partial charge in [0.15, 0.2) is 0 Å². The molecule has 2 N–H and O–H groups in total. The molecule has 0 amide bonds. The first-order valence-corrected chi connectivity index (χ1v) is 7.00. The Morgan fingerprint density at radius 2 is 1.67 bits per heavy atom. The molecule has 6 heteroatoms. The van der Waals surface area contributed by atoms with E-state index in [1.165, 1.54) is 6.07 Å². The molecule has 0 aliphatic heterocycles. The van der Waals surface area contributed by atoms with Crippen LogP contribution in [0.1, 0.15) is 16.7 Å². The number of phenols is 1. The summed E-state index contributed by atoms with van der Waals surface area (Å²) in [5.74, 6) is 0.150. The molecule has 21 heavy (non-hydrogen) atoms. The topological polar surface area (TPSA) is 32.3 Å². The van der Waals surface area contributed by atoms with Crippen molar-refractivity contribution in [1.29, 1.82) is 0 Å². The zero-order chi connectivity index (χ0) is 15.5. The van der Waals surface area contributed by atoms with Crippen molar-refractivity contribution < 1.29 is 18.3 Å². The number of rotatable bonds is 4. The lowest BCUT2D eigenvalue weighted by Crippen LogP contribution is -2.13.